The average Bonchev–Trinajstić information content (AvgIpc) is 2.94. The molecule has 2 aromatic carbocycles. The predicted octanol–water partition coefficient (Wildman–Crippen LogP) is 4.67. The van der Waals surface area contributed by atoms with Gasteiger partial charge in [0.25, 0.3) is 5.91 Å². The Labute approximate surface area is 143 Å². The van der Waals surface area contributed by atoms with Gasteiger partial charge >= 0.3 is 0 Å². The molecule has 1 aliphatic rings. The minimum atomic E-state index is -0.0755. The van der Waals surface area contributed by atoms with Gasteiger partial charge in [0.1, 0.15) is 0 Å². The van der Waals surface area contributed by atoms with E-state index in [-0.39, 0.29) is 5.91 Å². The molecule has 116 valence electrons. The number of para-hydroxylation sites is 1. The highest BCUT2D eigenvalue weighted by Crippen LogP contribution is 2.29. The molecule has 0 aliphatic carbocycles. The van der Waals surface area contributed by atoms with Crippen molar-refractivity contribution in [3.8, 4) is 0 Å². The molecular weight excluding hydrogens is 331 g/mol. The number of H-pyrrole nitrogens is 1. The van der Waals surface area contributed by atoms with E-state index in [2.05, 4.69) is 17.1 Å². The third-order valence-corrected chi connectivity index (χ3v) is 4.89. The molecular formula is C18H14Cl2N2O. The van der Waals surface area contributed by atoms with Gasteiger partial charge < -0.3 is 9.88 Å². The van der Waals surface area contributed by atoms with Crippen molar-refractivity contribution in [1.82, 2.24) is 9.88 Å². The Morgan fingerprint density at radius 1 is 1.13 bits per heavy atom. The highest BCUT2D eigenvalue weighted by molar-refractivity contribution is 6.35. The summed E-state index contributed by atoms with van der Waals surface area (Å²) in [5.41, 5.74) is 3.99. The number of rotatable bonds is 1. The Morgan fingerprint density at radius 3 is 2.83 bits per heavy atom. The standard InChI is InChI=1S/C18H14Cl2N2O/c19-11-5-6-15(20)13(9-11)18(23)22-8-7-17-14(10-22)12-3-1-2-4-16(12)21-17/h1-6,9,21H,7-8,10H2. The van der Waals surface area contributed by atoms with E-state index >= 15 is 0 Å². The van der Waals surface area contributed by atoms with Crippen LogP contribution in [0.3, 0.4) is 0 Å². The highest BCUT2D eigenvalue weighted by Gasteiger charge is 2.25. The molecule has 23 heavy (non-hydrogen) atoms. The second-order valence-corrected chi connectivity index (χ2v) is 6.57. The minimum Gasteiger partial charge on any atom is -0.358 e. The first-order valence-corrected chi connectivity index (χ1v) is 8.22. The van der Waals surface area contributed by atoms with Gasteiger partial charge in [-0.05, 0) is 24.3 Å². The van der Waals surface area contributed by atoms with Crippen LogP contribution in [0.5, 0.6) is 0 Å². The number of nitrogens with one attached hydrogen (secondary N) is 1. The molecule has 0 saturated carbocycles. The van der Waals surface area contributed by atoms with Crippen LogP contribution in [0.4, 0.5) is 0 Å². The Kier molecular flexibility index (Phi) is 3.55. The van der Waals surface area contributed by atoms with Gasteiger partial charge in [-0.1, -0.05) is 41.4 Å². The fraction of sp³-hybridized carbons (Fsp3) is 0.167. The third-order valence-electron chi connectivity index (χ3n) is 4.33. The Morgan fingerprint density at radius 2 is 1.96 bits per heavy atom. The molecule has 1 aliphatic heterocycles. The normalized spacial score (nSPS) is 14.1. The van der Waals surface area contributed by atoms with Crippen LogP contribution in [0.25, 0.3) is 10.9 Å². The van der Waals surface area contributed by atoms with E-state index in [0.29, 0.717) is 28.7 Å². The molecule has 1 amide bonds. The van der Waals surface area contributed by atoms with E-state index < -0.39 is 0 Å². The molecule has 0 saturated heterocycles. The van der Waals surface area contributed by atoms with Gasteiger partial charge in [0, 0.05) is 46.7 Å². The van der Waals surface area contributed by atoms with Crippen molar-refractivity contribution in [2.75, 3.05) is 6.54 Å². The fourth-order valence-corrected chi connectivity index (χ4v) is 3.54. The number of hydrogen-bond acceptors (Lipinski definition) is 1. The number of aromatic amines is 1. The number of fused-ring (bicyclic) bond motifs is 3. The zero-order valence-electron chi connectivity index (χ0n) is 12.3. The minimum absolute atomic E-state index is 0.0755. The molecule has 0 atom stereocenters. The lowest BCUT2D eigenvalue weighted by Crippen LogP contribution is -2.35. The summed E-state index contributed by atoms with van der Waals surface area (Å²) in [5, 5.41) is 2.13. The van der Waals surface area contributed by atoms with Crippen molar-refractivity contribution in [3.05, 3.63) is 69.3 Å². The molecule has 5 heteroatoms. The summed E-state index contributed by atoms with van der Waals surface area (Å²) in [5.74, 6) is -0.0755. The summed E-state index contributed by atoms with van der Waals surface area (Å²) in [4.78, 5) is 18.1. The first-order valence-electron chi connectivity index (χ1n) is 7.46. The molecule has 0 fully saturated rings. The molecule has 1 aromatic heterocycles. The molecule has 0 spiro atoms. The summed E-state index contributed by atoms with van der Waals surface area (Å²) in [6.45, 7) is 1.25. The van der Waals surface area contributed by atoms with Gasteiger partial charge in [-0.25, -0.2) is 0 Å². The van der Waals surface area contributed by atoms with E-state index in [0.717, 1.165) is 11.9 Å². The summed E-state index contributed by atoms with van der Waals surface area (Å²) in [6.07, 6.45) is 0.813. The first-order chi connectivity index (χ1) is 11.1. The van der Waals surface area contributed by atoms with Gasteiger partial charge in [0.15, 0.2) is 0 Å². The quantitative estimate of drug-likeness (QED) is 0.683. The Hall–Kier alpha value is -1.97. The fourth-order valence-electron chi connectivity index (χ4n) is 3.17. The zero-order chi connectivity index (χ0) is 16.0. The van der Waals surface area contributed by atoms with Crippen LogP contribution in [-0.4, -0.2) is 22.3 Å². The molecule has 0 unspecified atom stereocenters. The van der Waals surface area contributed by atoms with Gasteiger partial charge in [-0.3, -0.25) is 4.79 Å². The molecule has 3 aromatic rings. The van der Waals surface area contributed by atoms with Crippen molar-refractivity contribution >= 4 is 40.0 Å². The SMILES string of the molecule is O=C(c1cc(Cl)ccc1Cl)N1CCc2[nH]c3ccccc3c2C1. The van der Waals surface area contributed by atoms with Crippen molar-refractivity contribution < 1.29 is 4.79 Å². The number of aromatic nitrogens is 1. The number of hydrogen-bond donors (Lipinski definition) is 1. The van der Waals surface area contributed by atoms with E-state index in [4.69, 9.17) is 23.2 Å². The second-order valence-electron chi connectivity index (χ2n) is 5.73. The van der Waals surface area contributed by atoms with Crippen molar-refractivity contribution in [3.63, 3.8) is 0 Å². The van der Waals surface area contributed by atoms with Crippen LogP contribution in [0.15, 0.2) is 42.5 Å². The maximum atomic E-state index is 12.8. The van der Waals surface area contributed by atoms with E-state index in [1.54, 1.807) is 18.2 Å². The topological polar surface area (TPSA) is 36.1 Å². The molecule has 0 bridgehead atoms. The summed E-state index contributed by atoms with van der Waals surface area (Å²) >= 11 is 12.2. The zero-order valence-corrected chi connectivity index (χ0v) is 13.8. The third kappa shape index (κ3) is 2.50. The lowest BCUT2D eigenvalue weighted by Gasteiger charge is -2.27. The van der Waals surface area contributed by atoms with Crippen LogP contribution in [-0.2, 0) is 13.0 Å². The van der Waals surface area contributed by atoms with Crippen LogP contribution in [0.1, 0.15) is 21.6 Å². The van der Waals surface area contributed by atoms with Gasteiger partial charge in [0.05, 0.1) is 10.6 Å². The molecule has 3 nitrogen and oxygen atoms in total. The molecule has 2 heterocycles. The highest BCUT2D eigenvalue weighted by atomic mass is 35.5. The van der Waals surface area contributed by atoms with Gasteiger partial charge in [-0.2, -0.15) is 0 Å². The number of halogens is 2. The van der Waals surface area contributed by atoms with Crippen molar-refractivity contribution in [2.24, 2.45) is 0 Å². The van der Waals surface area contributed by atoms with Crippen molar-refractivity contribution in [2.45, 2.75) is 13.0 Å². The van der Waals surface area contributed by atoms with E-state index in [1.165, 1.54) is 16.6 Å². The molecule has 0 radical (unpaired) electrons. The smallest absolute Gasteiger partial charge is 0.255 e. The van der Waals surface area contributed by atoms with Crippen LogP contribution in [0.2, 0.25) is 10.0 Å². The number of amides is 1. The average molecular weight is 345 g/mol. The summed E-state index contributed by atoms with van der Waals surface area (Å²) in [6, 6.07) is 13.2. The predicted molar refractivity (Wildman–Crippen MR) is 93.2 cm³/mol. The maximum absolute atomic E-state index is 12.8. The number of benzene rings is 2. The van der Waals surface area contributed by atoms with E-state index in [1.807, 2.05) is 17.0 Å². The van der Waals surface area contributed by atoms with Crippen LogP contribution >= 0.6 is 23.2 Å². The van der Waals surface area contributed by atoms with Gasteiger partial charge in [0.2, 0.25) is 0 Å². The second kappa shape index (κ2) is 5.59. The number of nitrogens with zero attached hydrogens (tertiary/aromatic N) is 1. The lowest BCUT2D eigenvalue weighted by atomic mass is 10.0. The van der Waals surface area contributed by atoms with Gasteiger partial charge in [-0.15, -0.1) is 0 Å². The Balaban J connectivity index is 1.70. The molecule has 1 N–H and O–H groups in total. The number of carbonyl (C=O) groups excluding carboxylic acids is 1. The Bertz CT molecular complexity index is 917. The number of carbonyl (C=O) groups is 1. The van der Waals surface area contributed by atoms with Crippen LogP contribution in [0, 0.1) is 0 Å². The monoisotopic (exact) mass is 344 g/mol. The first kappa shape index (κ1) is 14.6. The van der Waals surface area contributed by atoms with Crippen LogP contribution < -0.4 is 0 Å². The van der Waals surface area contributed by atoms with E-state index in [9.17, 15) is 4.79 Å². The summed E-state index contributed by atoms with van der Waals surface area (Å²) in [7, 11) is 0. The van der Waals surface area contributed by atoms with Crippen molar-refractivity contribution in [1.29, 1.82) is 0 Å². The summed E-state index contributed by atoms with van der Waals surface area (Å²) < 4.78 is 0. The molecule has 4 rings (SSSR count). The lowest BCUT2D eigenvalue weighted by molar-refractivity contribution is 0.0735. The maximum Gasteiger partial charge on any atom is 0.255 e. The largest absolute Gasteiger partial charge is 0.358 e.